The second-order valence-electron chi connectivity index (χ2n) is 7.39. The van der Waals surface area contributed by atoms with Crippen LogP contribution in [0, 0.1) is 6.92 Å². The molecule has 0 bridgehead atoms. The van der Waals surface area contributed by atoms with Gasteiger partial charge in [-0.3, -0.25) is 9.59 Å². The molecule has 6 heteroatoms. The molecule has 0 saturated heterocycles. The molecular weight excluding hydrogens is 344 g/mol. The summed E-state index contributed by atoms with van der Waals surface area (Å²) in [6.07, 6.45) is 0. The molecule has 0 aromatic heterocycles. The van der Waals surface area contributed by atoms with Crippen molar-refractivity contribution >= 4 is 23.5 Å². The van der Waals surface area contributed by atoms with E-state index in [1.165, 1.54) is 6.07 Å². The molecule has 0 saturated carbocycles. The maximum absolute atomic E-state index is 12.2. The van der Waals surface area contributed by atoms with Crippen molar-refractivity contribution in [3.05, 3.63) is 64.7 Å². The third kappa shape index (κ3) is 5.41. The largest absolute Gasteiger partial charge is 0.478 e. The first-order chi connectivity index (χ1) is 12.6. The standard InChI is InChI=1S/C21H24N2O4/c1-13-5-10-16(11-17(13)20(26)27)23-18(24)12-22-19(25)14-6-8-15(9-7-14)21(2,3)4/h5-11H,12H2,1-4H3,(H,22,25)(H,23,24)(H,26,27). The third-order valence-corrected chi connectivity index (χ3v) is 4.17. The van der Waals surface area contributed by atoms with Crippen LogP contribution in [0.3, 0.4) is 0 Å². The van der Waals surface area contributed by atoms with Crippen LogP contribution in [-0.4, -0.2) is 29.4 Å². The molecule has 2 aromatic rings. The number of carboxylic acids is 1. The summed E-state index contributed by atoms with van der Waals surface area (Å²) in [4.78, 5) is 35.4. The minimum absolute atomic E-state index is 0.00225. The minimum Gasteiger partial charge on any atom is -0.478 e. The molecule has 0 aliphatic rings. The summed E-state index contributed by atoms with van der Waals surface area (Å²) < 4.78 is 0. The Bertz CT molecular complexity index is 865. The lowest BCUT2D eigenvalue weighted by molar-refractivity contribution is -0.115. The average molecular weight is 368 g/mol. The Balaban J connectivity index is 1.94. The molecule has 0 spiro atoms. The van der Waals surface area contributed by atoms with Gasteiger partial charge in [0.05, 0.1) is 12.1 Å². The highest BCUT2D eigenvalue weighted by Crippen LogP contribution is 2.22. The van der Waals surface area contributed by atoms with Gasteiger partial charge in [0, 0.05) is 11.3 Å². The van der Waals surface area contributed by atoms with E-state index in [4.69, 9.17) is 5.11 Å². The highest BCUT2D eigenvalue weighted by Gasteiger charge is 2.15. The topological polar surface area (TPSA) is 95.5 Å². The summed E-state index contributed by atoms with van der Waals surface area (Å²) in [5.41, 5.74) is 2.68. The summed E-state index contributed by atoms with van der Waals surface area (Å²) in [6.45, 7) is 7.74. The molecule has 6 nitrogen and oxygen atoms in total. The van der Waals surface area contributed by atoms with E-state index >= 15 is 0 Å². The van der Waals surface area contributed by atoms with E-state index in [9.17, 15) is 14.4 Å². The third-order valence-electron chi connectivity index (χ3n) is 4.17. The van der Waals surface area contributed by atoms with Gasteiger partial charge in [0.1, 0.15) is 0 Å². The zero-order chi connectivity index (χ0) is 20.2. The van der Waals surface area contributed by atoms with Gasteiger partial charge in [-0.1, -0.05) is 39.0 Å². The first kappa shape index (κ1) is 20.2. The summed E-state index contributed by atoms with van der Waals surface area (Å²) in [6, 6.07) is 11.9. The Hall–Kier alpha value is -3.15. The van der Waals surface area contributed by atoms with Gasteiger partial charge in [0.2, 0.25) is 5.91 Å². The summed E-state index contributed by atoms with van der Waals surface area (Å²) in [5.74, 6) is -1.84. The molecular formula is C21H24N2O4. The van der Waals surface area contributed by atoms with E-state index in [2.05, 4.69) is 31.4 Å². The maximum Gasteiger partial charge on any atom is 0.336 e. The predicted molar refractivity (Wildman–Crippen MR) is 104 cm³/mol. The molecule has 0 fully saturated rings. The second-order valence-corrected chi connectivity index (χ2v) is 7.39. The fourth-order valence-corrected chi connectivity index (χ4v) is 2.52. The lowest BCUT2D eigenvalue weighted by Gasteiger charge is -2.19. The van der Waals surface area contributed by atoms with E-state index in [0.29, 0.717) is 16.8 Å². The van der Waals surface area contributed by atoms with Gasteiger partial charge in [-0.15, -0.1) is 0 Å². The smallest absolute Gasteiger partial charge is 0.336 e. The number of aryl methyl sites for hydroxylation is 1. The van der Waals surface area contributed by atoms with Gasteiger partial charge in [0.25, 0.3) is 5.91 Å². The Morgan fingerprint density at radius 3 is 2.19 bits per heavy atom. The van der Waals surface area contributed by atoms with Crippen molar-refractivity contribution in [3.8, 4) is 0 Å². The molecule has 2 aromatic carbocycles. The van der Waals surface area contributed by atoms with Crippen LogP contribution in [0.15, 0.2) is 42.5 Å². The first-order valence-corrected chi connectivity index (χ1v) is 8.60. The molecule has 0 aliphatic carbocycles. The summed E-state index contributed by atoms with van der Waals surface area (Å²) in [7, 11) is 0. The van der Waals surface area contributed by atoms with Crippen molar-refractivity contribution in [2.75, 3.05) is 11.9 Å². The van der Waals surface area contributed by atoms with Gasteiger partial charge in [-0.25, -0.2) is 4.79 Å². The number of carbonyl (C=O) groups is 3. The number of anilines is 1. The maximum atomic E-state index is 12.2. The zero-order valence-electron chi connectivity index (χ0n) is 15.9. The van der Waals surface area contributed by atoms with Crippen LogP contribution >= 0.6 is 0 Å². The first-order valence-electron chi connectivity index (χ1n) is 8.60. The molecule has 0 heterocycles. The number of amides is 2. The van der Waals surface area contributed by atoms with Crippen LogP contribution < -0.4 is 10.6 Å². The molecule has 27 heavy (non-hydrogen) atoms. The Kier molecular flexibility index (Phi) is 6.00. The highest BCUT2D eigenvalue weighted by atomic mass is 16.4. The van der Waals surface area contributed by atoms with E-state index in [0.717, 1.165) is 5.56 Å². The SMILES string of the molecule is Cc1ccc(NC(=O)CNC(=O)c2ccc(C(C)(C)C)cc2)cc1C(=O)O. The van der Waals surface area contributed by atoms with Crippen LogP contribution in [0.4, 0.5) is 5.69 Å². The summed E-state index contributed by atoms with van der Waals surface area (Å²) in [5, 5.41) is 14.3. The van der Waals surface area contributed by atoms with Crippen molar-refractivity contribution in [1.82, 2.24) is 5.32 Å². The Labute approximate surface area is 158 Å². The van der Waals surface area contributed by atoms with Crippen LogP contribution in [0.1, 0.15) is 52.6 Å². The van der Waals surface area contributed by atoms with Crippen molar-refractivity contribution < 1.29 is 19.5 Å². The van der Waals surface area contributed by atoms with Crippen LogP contribution in [0.5, 0.6) is 0 Å². The number of carboxylic acid groups (broad SMARTS) is 1. The molecule has 0 atom stereocenters. The van der Waals surface area contributed by atoms with E-state index in [-0.39, 0.29) is 23.4 Å². The van der Waals surface area contributed by atoms with Crippen molar-refractivity contribution in [2.45, 2.75) is 33.1 Å². The fraction of sp³-hybridized carbons (Fsp3) is 0.286. The minimum atomic E-state index is -1.06. The van der Waals surface area contributed by atoms with Crippen LogP contribution in [-0.2, 0) is 10.2 Å². The van der Waals surface area contributed by atoms with Gasteiger partial charge >= 0.3 is 5.97 Å². The zero-order valence-corrected chi connectivity index (χ0v) is 15.9. The second kappa shape index (κ2) is 8.03. The van der Waals surface area contributed by atoms with Gasteiger partial charge in [-0.05, 0) is 47.7 Å². The number of carbonyl (C=O) groups excluding carboxylic acids is 2. The summed E-state index contributed by atoms with van der Waals surface area (Å²) >= 11 is 0. The Morgan fingerprint density at radius 1 is 1.00 bits per heavy atom. The number of rotatable bonds is 5. The van der Waals surface area contributed by atoms with Crippen LogP contribution in [0.25, 0.3) is 0 Å². The van der Waals surface area contributed by atoms with E-state index in [1.807, 2.05) is 12.1 Å². The van der Waals surface area contributed by atoms with Gasteiger partial charge in [-0.2, -0.15) is 0 Å². The number of nitrogens with one attached hydrogen (secondary N) is 2. The Morgan fingerprint density at radius 2 is 1.63 bits per heavy atom. The van der Waals surface area contributed by atoms with Crippen molar-refractivity contribution in [2.24, 2.45) is 0 Å². The number of hydrogen-bond donors (Lipinski definition) is 3. The quantitative estimate of drug-likeness (QED) is 0.754. The fourth-order valence-electron chi connectivity index (χ4n) is 2.52. The monoisotopic (exact) mass is 368 g/mol. The lowest BCUT2D eigenvalue weighted by Crippen LogP contribution is -2.32. The molecule has 0 radical (unpaired) electrons. The number of aromatic carboxylic acids is 1. The van der Waals surface area contributed by atoms with Crippen molar-refractivity contribution in [3.63, 3.8) is 0 Å². The van der Waals surface area contributed by atoms with E-state index in [1.54, 1.807) is 31.2 Å². The molecule has 0 aliphatic heterocycles. The predicted octanol–water partition coefficient (Wildman–Crippen LogP) is 3.36. The molecule has 0 unspecified atom stereocenters. The van der Waals surface area contributed by atoms with Crippen molar-refractivity contribution in [1.29, 1.82) is 0 Å². The average Bonchev–Trinajstić information content (AvgIpc) is 2.60. The molecule has 3 N–H and O–H groups in total. The molecule has 2 rings (SSSR count). The van der Waals surface area contributed by atoms with E-state index < -0.39 is 11.9 Å². The molecule has 2 amide bonds. The highest BCUT2D eigenvalue weighted by molar-refractivity contribution is 6.00. The normalized spacial score (nSPS) is 11.0. The molecule has 142 valence electrons. The number of benzene rings is 2. The van der Waals surface area contributed by atoms with Gasteiger partial charge in [0.15, 0.2) is 0 Å². The lowest BCUT2D eigenvalue weighted by atomic mass is 9.87. The number of hydrogen-bond acceptors (Lipinski definition) is 3. The van der Waals surface area contributed by atoms with Gasteiger partial charge < -0.3 is 15.7 Å². The van der Waals surface area contributed by atoms with Crippen LogP contribution in [0.2, 0.25) is 0 Å².